The van der Waals surface area contributed by atoms with Crippen LogP contribution in [0, 0.1) is 20.8 Å². The fourth-order valence-electron chi connectivity index (χ4n) is 18.8. The number of aryl methyl sites for hydroxylation is 3. The van der Waals surface area contributed by atoms with Crippen molar-refractivity contribution < 1.29 is 67.8 Å². The number of nitrogens with zero attached hydrogens (tertiary/aromatic N) is 12. The van der Waals surface area contributed by atoms with Gasteiger partial charge in [-0.15, -0.1) is 0 Å². The molecule has 27 nitrogen and oxygen atoms in total. The Kier molecular flexibility index (Phi) is 37.6. The summed E-state index contributed by atoms with van der Waals surface area (Å²) in [5.74, 6) is 1.12. The molecule has 0 fully saturated rings. The third-order valence-electron chi connectivity index (χ3n) is 26.8. The molecule has 0 aliphatic carbocycles. The zero-order chi connectivity index (χ0) is 102. The fourth-order valence-corrected chi connectivity index (χ4v) is 18.8. The summed E-state index contributed by atoms with van der Waals surface area (Å²) in [5.41, 5.74) is 18.6. The highest BCUT2D eigenvalue weighted by Gasteiger charge is 2.38. The van der Waals surface area contributed by atoms with Crippen LogP contribution in [0.1, 0.15) is 252 Å². The third-order valence-corrected chi connectivity index (χ3v) is 26.8. The summed E-state index contributed by atoms with van der Waals surface area (Å²) < 4.78 is 27.7. The Bertz CT molecular complexity index is 6350. The number of fused-ring (bicyclic) bond motifs is 3. The number of benzene rings is 9. The van der Waals surface area contributed by atoms with E-state index in [1.165, 1.54) is 6.92 Å². The molecule has 143 heavy (non-hydrogen) atoms. The maximum Gasteiger partial charge on any atom is 0.274 e. The minimum Gasteiger partial charge on any atom is -0.493 e. The number of rotatable bonds is 39. The molecule has 4 N–H and O–H groups in total. The van der Waals surface area contributed by atoms with E-state index in [4.69, 9.17) is 34.2 Å². The predicted molar refractivity (Wildman–Crippen MR) is 561 cm³/mol. The lowest BCUT2D eigenvalue weighted by molar-refractivity contribution is -0.114. The van der Waals surface area contributed by atoms with Gasteiger partial charge in [-0.05, 0) is 250 Å². The lowest BCUT2D eigenvalue weighted by atomic mass is 9.93. The number of hydrogen-bond acceptors (Lipinski definition) is 17. The number of amides is 7. The maximum absolute atomic E-state index is 14.7. The number of hydrogen-bond donors (Lipinski definition) is 4. The van der Waals surface area contributed by atoms with Crippen LogP contribution in [0.5, 0.6) is 23.0 Å². The van der Waals surface area contributed by atoms with E-state index in [0.717, 1.165) is 167 Å². The predicted octanol–water partition coefficient (Wildman–Crippen LogP) is 20.1. The molecule has 0 saturated carbocycles. The summed E-state index contributed by atoms with van der Waals surface area (Å²) in [6, 6.07) is 64.5. The molecule has 0 bridgehead atoms. The molecule has 9 aromatic carbocycles. The van der Waals surface area contributed by atoms with Crippen LogP contribution in [0.2, 0.25) is 0 Å². The van der Waals surface area contributed by atoms with Crippen molar-refractivity contribution in [2.75, 3.05) is 85.7 Å². The molecule has 0 unspecified atom stereocenters. The minimum absolute atomic E-state index is 0.0675. The summed E-state index contributed by atoms with van der Waals surface area (Å²) in [4.78, 5) is 107. The second-order valence-corrected chi connectivity index (χ2v) is 37.5. The average molecular weight is 1940 g/mol. The van der Waals surface area contributed by atoms with Gasteiger partial charge in [-0.25, -0.2) is 14.0 Å². The fraction of sp³-hybridized carbons (Fsp3) is 0.397. The van der Waals surface area contributed by atoms with Crippen LogP contribution in [0.4, 0.5) is 5.69 Å². The van der Waals surface area contributed by atoms with Gasteiger partial charge in [0.05, 0.1) is 99.1 Å². The van der Waals surface area contributed by atoms with E-state index in [1.807, 2.05) is 237 Å². The summed E-state index contributed by atoms with van der Waals surface area (Å²) >= 11 is 0. The minimum atomic E-state index is -0.401. The Morgan fingerprint density at radius 2 is 0.657 bits per heavy atom. The van der Waals surface area contributed by atoms with Crippen molar-refractivity contribution in [3.63, 3.8) is 0 Å². The Balaban J connectivity index is 0.000000180. The van der Waals surface area contributed by atoms with Crippen molar-refractivity contribution in [2.24, 2.45) is 0 Å². The summed E-state index contributed by atoms with van der Waals surface area (Å²) in [6.07, 6.45) is 13.3. The molecule has 0 saturated heterocycles. The molecule has 0 radical (unpaired) electrons. The van der Waals surface area contributed by atoms with Gasteiger partial charge in [0.1, 0.15) is 5.75 Å². The number of carbonyl (C=O) groups is 7. The van der Waals surface area contributed by atoms with E-state index in [2.05, 4.69) is 52.9 Å². The number of carbonyl (C=O) groups excluding carboxylic acids is 7. The van der Waals surface area contributed by atoms with Gasteiger partial charge in [-0.1, -0.05) is 195 Å². The normalized spacial score (nSPS) is 14.1. The number of aromatic nitrogens is 6. The zero-order valence-corrected chi connectivity index (χ0v) is 85.7. The van der Waals surface area contributed by atoms with Gasteiger partial charge < -0.3 is 69.0 Å². The molecule has 27 heteroatoms. The van der Waals surface area contributed by atoms with Crippen molar-refractivity contribution in [3.8, 4) is 73.4 Å². The third kappa shape index (κ3) is 25.5. The number of unbranched alkanes of at least 4 members (excludes halogenated alkanes) is 6. The molecule has 754 valence electrons. The molecule has 0 spiro atoms. The van der Waals surface area contributed by atoms with Crippen molar-refractivity contribution >= 4 is 47.0 Å². The first-order valence-corrected chi connectivity index (χ1v) is 50.7. The van der Waals surface area contributed by atoms with Gasteiger partial charge in [0.15, 0.2) is 28.6 Å². The summed E-state index contributed by atoms with van der Waals surface area (Å²) in [7, 11) is 4.68. The number of methoxy groups -OCH3 is 3. The van der Waals surface area contributed by atoms with Crippen LogP contribution < -0.4 is 24.3 Å². The van der Waals surface area contributed by atoms with Crippen LogP contribution in [0.3, 0.4) is 0 Å². The maximum atomic E-state index is 14.7. The number of aliphatic hydroxyl groups excluding tert-OH is 3. The Morgan fingerprint density at radius 3 is 0.930 bits per heavy atom. The summed E-state index contributed by atoms with van der Waals surface area (Å²) in [5, 5.41) is 48.4. The van der Waals surface area contributed by atoms with E-state index < -0.39 is 6.04 Å². The number of nitrogens with one attached hydrogen (secondary N) is 1. The molecule has 3 atom stereocenters. The van der Waals surface area contributed by atoms with Crippen LogP contribution in [-0.2, 0) is 43.7 Å². The van der Waals surface area contributed by atoms with Gasteiger partial charge in [0, 0.05) is 88.6 Å². The van der Waals surface area contributed by atoms with E-state index in [0.29, 0.717) is 152 Å². The molecule has 15 rings (SSSR count). The smallest absolute Gasteiger partial charge is 0.274 e. The average Bonchev–Trinajstić information content (AvgIpc) is 1.73. The first kappa shape index (κ1) is 106. The molecule has 3 aliphatic rings. The molecular formula is C116H141N13O14. The SMILES string of the molecule is CCCCN(CCCC)C(=O)c1cc(C)n(-c2ccc(-c3cc(OC)c(OC)c(OC)c3)cc2C(=O)N2Cc3ccccc3C[C@H]2CO)n1.CCCCN(CCCC)C(=O)c1cc(C)n(-c2ccc(-c3ccc(NC(C)=O)cc3)cc2C(=O)N2Cc3ccccc3C[C@H]2CO)n1.CCCCN(CCCC)C(=O)c1cc(C)n(-c2ccc(-c3ccc(OC(C)C)cc3)cc2C(=O)N2Cc3ccccc3C[C@H]2CO)n1. The largest absolute Gasteiger partial charge is 0.493 e. The Morgan fingerprint density at radius 1 is 0.371 bits per heavy atom. The van der Waals surface area contributed by atoms with Gasteiger partial charge in [-0.3, -0.25) is 33.6 Å². The molecule has 3 aliphatic heterocycles. The second-order valence-electron chi connectivity index (χ2n) is 37.5. The van der Waals surface area contributed by atoms with Crippen LogP contribution >= 0.6 is 0 Å². The lowest BCUT2D eigenvalue weighted by Crippen LogP contribution is -2.46. The van der Waals surface area contributed by atoms with Crippen molar-refractivity contribution in [3.05, 3.63) is 290 Å². The first-order chi connectivity index (χ1) is 69.2. The highest BCUT2D eigenvalue weighted by molar-refractivity contribution is 6.03. The van der Waals surface area contributed by atoms with Crippen LogP contribution in [-0.4, -0.2) is 220 Å². The van der Waals surface area contributed by atoms with E-state index in [1.54, 1.807) is 62.2 Å². The van der Waals surface area contributed by atoms with E-state index in [-0.39, 0.29) is 79.4 Å². The van der Waals surface area contributed by atoms with E-state index in [9.17, 15) is 48.9 Å². The number of anilines is 1. The molecule has 7 amide bonds. The standard InChI is InChI=1S/C39H48N4O6.C39H48N4O4.C38H45N5O4/c1-7-9-17-41(18-10-8-2)39(46)33-19-26(3)43(40-33)34-16-15-28(30-22-35(47-4)37(49-6)36(23-30)48-5)21-32(34)38(45)42-24-29-14-12-11-13-27(29)20-31(42)25-44;1-6-8-20-41(21-9-7-2)39(46)36-22-28(5)43(40-36)37-19-16-31(29-14-17-34(18-15-29)47-27(3)4)24-35(37)38(45)42-25-32-13-11-10-12-30(32)23-33(42)26-44;1-5-7-19-41(20-8-6-2)38(47)35-21-26(3)43(40-35)36-18-15-30(28-13-16-32(17-14-28)39-27(4)45)23-34(36)37(46)42-24-31-12-10-9-11-29(31)22-33(42)25-44/h11-16,19,21-23,31,44H,7-10,17-18,20,24-25H2,1-6H3;10-19,22,24,27,33,44H,6-9,20-21,23,25-26H2,1-5H3;9-18,21,23,33,44H,5-8,19-20,22,24-25H2,1-4H3,(H,39,45)/t31-;2*33-/m000/s1. The summed E-state index contributed by atoms with van der Waals surface area (Å²) in [6.45, 7) is 28.6. The highest BCUT2D eigenvalue weighted by atomic mass is 16.5. The highest BCUT2D eigenvalue weighted by Crippen LogP contribution is 2.43. The molecular weight excluding hydrogens is 1800 g/mol. The van der Waals surface area contributed by atoms with Crippen LogP contribution in [0.15, 0.2) is 206 Å². The number of ether oxygens (including phenoxy) is 4. The number of aliphatic hydroxyl groups is 3. The lowest BCUT2D eigenvalue weighted by Gasteiger charge is -2.36. The zero-order valence-electron chi connectivity index (χ0n) is 85.7. The first-order valence-electron chi connectivity index (χ1n) is 50.7. The quantitative estimate of drug-likeness (QED) is 0.0278. The Hall–Kier alpha value is -14.0. The van der Waals surface area contributed by atoms with Gasteiger partial charge in [-0.2, -0.15) is 15.3 Å². The Labute approximate surface area is 841 Å². The van der Waals surface area contributed by atoms with Crippen molar-refractivity contribution in [1.29, 1.82) is 0 Å². The van der Waals surface area contributed by atoms with Crippen LogP contribution in [0.25, 0.3) is 50.4 Å². The van der Waals surface area contributed by atoms with Gasteiger partial charge >= 0.3 is 0 Å². The second kappa shape index (κ2) is 50.6. The van der Waals surface area contributed by atoms with E-state index >= 15 is 0 Å². The van der Waals surface area contributed by atoms with Crippen molar-refractivity contribution in [1.82, 2.24) is 58.7 Å². The molecule has 3 aromatic heterocycles. The van der Waals surface area contributed by atoms with Gasteiger partial charge in [0.2, 0.25) is 11.7 Å². The monoisotopic (exact) mass is 1940 g/mol. The molecule has 6 heterocycles. The van der Waals surface area contributed by atoms with Crippen molar-refractivity contribution in [2.45, 2.75) is 223 Å². The van der Waals surface area contributed by atoms with Gasteiger partial charge in [0.25, 0.3) is 35.4 Å². The topological polar surface area (TPSA) is 302 Å². The molecule has 12 aromatic rings.